The fraction of sp³-hybridized carbons (Fsp3) is 0.636. The Bertz CT molecular complexity index is 285. The van der Waals surface area contributed by atoms with Crippen molar-refractivity contribution in [2.75, 3.05) is 0 Å². The van der Waals surface area contributed by atoms with Crippen LogP contribution in [0.15, 0.2) is 12.1 Å². The Labute approximate surface area is 90.3 Å². The normalized spacial score (nSPS) is 12.9. The van der Waals surface area contributed by atoms with Gasteiger partial charge in [-0.25, -0.2) is 0 Å². The fourth-order valence-corrected chi connectivity index (χ4v) is 1.41. The molecular formula is C11H18N2O2. The molecule has 4 heteroatoms. The van der Waals surface area contributed by atoms with Crippen molar-refractivity contribution in [2.45, 2.75) is 39.9 Å². The quantitative estimate of drug-likeness (QED) is 0.805. The van der Waals surface area contributed by atoms with E-state index in [0.29, 0.717) is 17.5 Å². The second-order valence-corrected chi connectivity index (χ2v) is 4.08. The molecule has 0 aromatic carbocycles. The van der Waals surface area contributed by atoms with E-state index < -0.39 is 0 Å². The Hall–Kier alpha value is -1.16. The molecule has 0 saturated heterocycles. The minimum Gasteiger partial charge on any atom is -0.474 e. The van der Waals surface area contributed by atoms with Gasteiger partial charge in [-0.2, -0.15) is 0 Å². The molecule has 0 saturated carbocycles. The lowest BCUT2D eigenvalue weighted by Crippen LogP contribution is -2.15. The molecule has 0 spiro atoms. The molecule has 0 aliphatic heterocycles. The van der Waals surface area contributed by atoms with Crippen molar-refractivity contribution < 1.29 is 9.84 Å². The maximum atomic E-state index is 8.79. The Morgan fingerprint density at radius 3 is 2.47 bits per heavy atom. The highest BCUT2D eigenvalue weighted by Gasteiger charge is 2.07. The maximum Gasteiger partial charge on any atom is 0.233 e. The minimum absolute atomic E-state index is 0.0885. The van der Waals surface area contributed by atoms with E-state index in [-0.39, 0.29) is 12.7 Å². The van der Waals surface area contributed by atoms with Crippen LogP contribution in [-0.4, -0.2) is 21.4 Å². The third-order valence-corrected chi connectivity index (χ3v) is 1.98. The summed E-state index contributed by atoms with van der Waals surface area (Å²) in [5.74, 6) is 1.12. The van der Waals surface area contributed by atoms with Crippen LogP contribution in [0.1, 0.15) is 32.9 Å². The second kappa shape index (κ2) is 5.66. The Balaban J connectivity index is 2.49. The predicted octanol–water partition coefficient (Wildman–Crippen LogP) is 1.78. The molecule has 4 nitrogen and oxygen atoms in total. The smallest absolute Gasteiger partial charge is 0.233 e. The van der Waals surface area contributed by atoms with E-state index in [0.717, 1.165) is 6.42 Å². The summed E-state index contributed by atoms with van der Waals surface area (Å²) in [4.78, 5) is 0. The lowest BCUT2D eigenvalue weighted by Gasteiger charge is -2.15. The summed E-state index contributed by atoms with van der Waals surface area (Å²) < 4.78 is 5.57. The molecule has 84 valence electrons. The molecule has 0 radical (unpaired) electrons. The summed E-state index contributed by atoms with van der Waals surface area (Å²) in [6.45, 7) is 6.23. The van der Waals surface area contributed by atoms with Gasteiger partial charge in [-0.1, -0.05) is 13.8 Å². The topological polar surface area (TPSA) is 55.2 Å². The zero-order valence-corrected chi connectivity index (χ0v) is 9.47. The number of nitrogens with zero attached hydrogens (tertiary/aromatic N) is 2. The summed E-state index contributed by atoms with van der Waals surface area (Å²) in [7, 11) is 0. The standard InChI is InChI=1S/C11H18N2O2/c1-8(2)6-9(3)15-11-5-4-10(7-14)12-13-11/h4-5,8-9,14H,6-7H2,1-3H3. The van der Waals surface area contributed by atoms with Crippen molar-refractivity contribution in [1.29, 1.82) is 0 Å². The Kier molecular flexibility index (Phi) is 4.49. The molecule has 0 aliphatic rings. The maximum absolute atomic E-state index is 8.79. The number of aliphatic hydroxyl groups excluding tert-OH is 1. The number of hydrogen-bond acceptors (Lipinski definition) is 4. The number of hydrogen-bond donors (Lipinski definition) is 1. The fourth-order valence-electron chi connectivity index (χ4n) is 1.41. The first-order valence-electron chi connectivity index (χ1n) is 5.22. The molecule has 1 aromatic heterocycles. The van der Waals surface area contributed by atoms with Crippen LogP contribution in [0.3, 0.4) is 0 Å². The van der Waals surface area contributed by atoms with Gasteiger partial charge in [0, 0.05) is 6.07 Å². The van der Waals surface area contributed by atoms with Crippen molar-refractivity contribution in [3.05, 3.63) is 17.8 Å². The van der Waals surface area contributed by atoms with Gasteiger partial charge in [0.2, 0.25) is 5.88 Å². The number of ether oxygens (including phenoxy) is 1. The highest BCUT2D eigenvalue weighted by molar-refractivity contribution is 5.11. The van der Waals surface area contributed by atoms with Gasteiger partial charge in [0.25, 0.3) is 0 Å². The molecule has 0 aliphatic carbocycles. The van der Waals surface area contributed by atoms with E-state index in [1.54, 1.807) is 12.1 Å². The van der Waals surface area contributed by atoms with Crippen LogP contribution in [0.25, 0.3) is 0 Å². The SMILES string of the molecule is CC(C)CC(C)Oc1ccc(CO)nn1. The third-order valence-electron chi connectivity index (χ3n) is 1.98. The van der Waals surface area contributed by atoms with Gasteiger partial charge in [-0.15, -0.1) is 10.2 Å². The lowest BCUT2D eigenvalue weighted by atomic mass is 10.1. The summed E-state index contributed by atoms with van der Waals surface area (Å²) >= 11 is 0. The zero-order chi connectivity index (χ0) is 11.3. The first-order valence-corrected chi connectivity index (χ1v) is 5.22. The average Bonchev–Trinajstić information content (AvgIpc) is 2.17. The van der Waals surface area contributed by atoms with Crippen LogP contribution in [-0.2, 0) is 6.61 Å². The van der Waals surface area contributed by atoms with Crippen LogP contribution >= 0.6 is 0 Å². The van der Waals surface area contributed by atoms with Crippen LogP contribution in [0, 0.1) is 5.92 Å². The predicted molar refractivity (Wildman–Crippen MR) is 57.5 cm³/mol. The third kappa shape index (κ3) is 4.25. The van der Waals surface area contributed by atoms with Gasteiger partial charge < -0.3 is 9.84 Å². The monoisotopic (exact) mass is 210 g/mol. The molecule has 1 heterocycles. The van der Waals surface area contributed by atoms with Crippen molar-refractivity contribution in [2.24, 2.45) is 5.92 Å². The molecule has 1 unspecified atom stereocenters. The molecule has 15 heavy (non-hydrogen) atoms. The molecule has 1 aromatic rings. The highest BCUT2D eigenvalue weighted by atomic mass is 16.5. The molecular weight excluding hydrogens is 192 g/mol. The average molecular weight is 210 g/mol. The number of aromatic nitrogens is 2. The summed E-state index contributed by atoms with van der Waals surface area (Å²) in [6.07, 6.45) is 1.13. The van der Waals surface area contributed by atoms with Crippen molar-refractivity contribution in [3.63, 3.8) is 0 Å². The van der Waals surface area contributed by atoms with Crippen molar-refractivity contribution in [3.8, 4) is 5.88 Å². The van der Waals surface area contributed by atoms with Crippen molar-refractivity contribution in [1.82, 2.24) is 10.2 Å². The van der Waals surface area contributed by atoms with E-state index in [1.807, 2.05) is 6.92 Å². The number of aliphatic hydroxyl groups is 1. The van der Waals surface area contributed by atoms with Gasteiger partial charge >= 0.3 is 0 Å². The van der Waals surface area contributed by atoms with Crippen molar-refractivity contribution >= 4 is 0 Å². The Morgan fingerprint density at radius 2 is 2.00 bits per heavy atom. The van der Waals surface area contributed by atoms with Crippen LogP contribution < -0.4 is 4.74 Å². The zero-order valence-electron chi connectivity index (χ0n) is 9.47. The van der Waals surface area contributed by atoms with Crippen LogP contribution in [0.2, 0.25) is 0 Å². The summed E-state index contributed by atoms with van der Waals surface area (Å²) in [5, 5.41) is 16.5. The largest absolute Gasteiger partial charge is 0.474 e. The molecule has 1 rings (SSSR count). The van der Waals surface area contributed by atoms with E-state index in [1.165, 1.54) is 0 Å². The van der Waals surface area contributed by atoms with E-state index in [2.05, 4.69) is 24.0 Å². The molecule has 0 fully saturated rings. The summed E-state index contributed by atoms with van der Waals surface area (Å²) in [5.41, 5.74) is 0.555. The molecule has 1 N–H and O–H groups in total. The molecule has 1 atom stereocenters. The molecule has 0 bridgehead atoms. The highest BCUT2D eigenvalue weighted by Crippen LogP contribution is 2.12. The van der Waals surface area contributed by atoms with E-state index in [4.69, 9.17) is 9.84 Å². The summed E-state index contributed by atoms with van der Waals surface area (Å²) in [6, 6.07) is 3.44. The van der Waals surface area contributed by atoms with Gasteiger partial charge in [0.15, 0.2) is 0 Å². The number of rotatable bonds is 5. The Morgan fingerprint density at radius 1 is 1.27 bits per heavy atom. The van der Waals surface area contributed by atoms with Gasteiger partial charge in [0.05, 0.1) is 18.4 Å². The van der Waals surface area contributed by atoms with Crippen LogP contribution in [0.4, 0.5) is 0 Å². The minimum atomic E-state index is -0.0885. The van der Waals surface area contributed by atoms with E-state index >= 15 is 0 Å². The molecule has 0 amide bonds. The first-order chi connectivity index (χ1) is 7.11. The van der Waals surface area contributed by atoms with Gasteiger partial charge in [-0.3, -0.25) is 0 Å². The lowest BCUT2D eigenvalue weighted by molar-refractivity contribution is 0.183. The van der Waals surface area contributed by atoms with E-state index in [9.17, 15) is 0 Å². The van der Waals surface area contributed by atoms with Gasteiger partial charge in [0.1, 0.15) is 0 Å². The van der Waals surface area contributed by atoms with Gasteiger partial charge in [-0.05, 0) is 25.3 Å². The van der Waals surface area contributed by atoms with Crippen LogP contribution in [0.5, 0.6) is 5.88 Å². The first kappa shape index (κ1) is 11.9. The second-order valence-electron chi connectivity index (χ2n) is 4.08.